The van der Waals surface area contributed by atoms with Gasteiger partial charge in [0.2, 0.25) is 5.76 Å². The lowest BCUT2D eigenvalue weighted by Gasteiger charge is -2.17. The first-order valence-electron chi connectivity index (χ1n) is 6.29. The smallest absolute Gasteiger partial charge is 0.292 e. The van der Waals surface area contributed by atoms with Gasteiger partial charge in [-0.05, 0) is 6.92 Å². The third-order valence-corrected chi connectivity index (χ3v) is 4.19. The van der Waals surface area contributed by atoms with E-state index in [-0.39, 0.29) is 18.1 Å². The molecule has 5 heteroatoms. The van der Waals surface area contributed by atoms with Crippen molar-refractivity contribution in [1.29, 1.82) is 0 Å². The highest BCUT2D eigenvalue weighted by atomic mass is 16.5. The lowest BCUT2D eigenvalue weighted by Crippen LogP contribution is -2.31. The van der Waals surface area contributed by atoms with Crippen LogP contribution in [0.1, 0.15) is 16.2 Å². The first-order chi connectivity index (χ1) is 8.72. The second-order valence-corrected chi connectivity index (χ2v) is 5.32. The van der Waals surface area contributed by atoms with Crippen LogP contribution in [0.3, 0.4) is 0 Å². The van der Waals surface area contributed by atoms with Crippen LogP contribution in [-0.4, -0.2) is 41.3 Å². The average molecular weight is 246 g/mol. The first-order valence-corrected chi connectivity index (χ1v) is 6.29. The molecule has 0 N–H and O–H groups in total. The van der Waals surface area contributed by atoms with Crippen molar-refractivity contribution in [1.82, 2.24) is 10.1 Å². The Balaban J connectivity index is 1.54. The summed E-state index contributed by atoms with van der Waals surface area (Å²) in [6.45, 7) is 3.33. The Bertz CT molecular complexity index is 516. The zero-order valence-electron chi connectivity index (χ0n) is 10.1. The van der Waals surface area contributed by atoms with Gasteiger partial charge in [0, 0.05) is 31.0 Å². The molecule has 0 saturated carbocycles. The Morgan fingerprint density at radius 3 is 2.56 bits per heavy atom. The quantitative estimate of drug-likeness (QED) is 0.694. The molecular weight excluding hydrogens is 232 g/mol. The lowest BCUT2D eigenvalue weighted by molar-refractivity contribution is 0.0625. The average Bonchev–Trinajstić information content (AvgIpc) is 3.09. The fourth-order valence-electron chi connectivity index (χ4n) is 3.31. The van der Waals surface area contributed by atoms with Crippen molar-refractivity contribution in [3.8, 4) is 0 Å². The Kier molecular flexibility index (Phi) is 1.97. The second kappa shape index (κ2) is 3.45. The fourth-order valence-corrected chi connectivity index (χ4v) is 3.31. The van der Waals surface area contributed by atoms with E-state index >= 15 is 0 Å². The number of carbonyl (C=O) groups is 1. The largest absolute Gasteiger partial charge is 0.366 e. The van der Waals surface area contributed by atoms with E-state index in [0.717, 1.165) is 18.8 Å². The minimum Gasteiger partial charge on any atom is -0.366 e. The number of hydrogen-bond acceptors (Lipinski definition) is 4. The maximum atomic E-state index is 12.3. The highest BCUT2D eigenvalue weighted by Crippen LogP contribution is 2.43. The monoisotopic (exact) mass is 246 g/mol. The van der Waals surface area contributed by atoms with Gasteiger partial charge >= 0.3 is 0 Å². The predicted molar refractivity (Wildman–Crippen MR) is 61.9 cm³/mol. The van der Waals surface area contributed by atoms with Gasteiger partial charge in [-0.2, -0.15) is 0 Å². The third-order valence-electron chi connectivity index (χ3n) is 4.19. The number of nitrogens with zero attached hydrogens (tertiary/aromatic N) is 2. The van der Waals surface area contributed by atoms with Crippen LogP contribution in [0.2, 0.25) is 0 Å². The van der Waals surface area contributed by atoms with E-state index in [0.29, 0.717) is 17.6 Å². The van der Waals surface area contributed by atoms with E-state index in [4.69, 9.17) is 9.26 Å². The van der Waals surface area contributed by atoms with Crippen molar-refractivity contribution >= 4 is 5.91 Å². The molecule has 4 heterocycles. The number of aromatic nitrogens is 1. The SMILES string of the molecule is Cc1cc(C(=O)N2CC3C4C=CC(O4)C3C2)on1. The number of hydrogen-bond donors (Lipinski definition) is 0. The van der Waals surface area contributed by atoms with E-state index in [1.54, 1.807) is 6.07 Å². The van der Waals surface area contributed by atoms with Crippen LogP contribution in [0.4, 0.5) is 0 Å². The number of aryl methyl sites for hydroxylation is 1. The Morgan fingerprint density at radius 2 is 2.00 bits per heavy atom. The standard InChI is InChI=1S/C13H14N2O3/c1-7-4-12(18-14-7)13(16)15-5-8-9(6-15)11-3-2-10(8)17-11/h2-4,8-11H,5-6H2,1H3. The molecule has 2 fully saturated rings. The molecule has 94 valence electrons. The first kappa shape index (κ1) is 10.3. The van der Waals surface area contributed by atoms with Crippen LogP contribution in [0.25, 0.3) is 0 Å². The van der Waals surface area contributed by atoms with E-state index < -0.39 is 0 Å². The Labute approximate surface area is 104 Å². The van der Waals surface area contributed by atoms with Crippen molar-refractivity contribution < 1.29 is 14.1 Å². The van der Waals surface area contributed by atoms with Crippen molar-refractivity contribution in [3.05, 3.63) is 29.7 Å². The lowest BCUT2D eigenvalue weighted by atomic mass is 9.86. The van der Waals surface area contributed by atoms with Gasteiger partial charge in [0.1, 0.15) is 0 Å². The molecule has 4 atom stereocenters. The number of rotatable bonds is 1. The summed E-state index contributed by atoms with van der Waals surface area (Å²) in [6.07, 6.45) is 4.65. The van der Waals surface area contributed by atoms with Crippen molar-refractivity contribution in [2.45, 2.75) is 19.1 Å². The van der Waals surface area contributed by atoms with E-state index in [2.05, 4.69) is 17.3 Å². The molecule has 4 unspecified atom stereocenters. The van der Waals surface area contributed by atoms with Crippen LogP contribution in [-0.2, 0) is 4.74 Å². The zero-order valence-corrected chi connectivity index (χ0v) is 10.1. The molecule has 2 saturated heterocycles. The summed E-state index contributed by atoms with van der Waals surface area (Å²) in [5.74, 6) is 1.19. The highest BCUT2D eigenvalue weighted by molar-refractivity contribution is 5.91. The van der Waals surface area contributed by atoms with Gasteiger partial charge in [0.15, 0.2) is 0 Å². The second-order valence-electron chi connectivity index (χ2n) is 5.32. The van der Waals surface area contributed by atoms with Gasteiger partial charge in [-0.25, -0.2) is 0 Å². The summed E-state index contributed by atoms with van der Waals surface area (Å²) >= 11 is 0. The maximum absolute atomic E-state index is 12.3. The van der Waals surface area contributed by atoms with Crippen LogP contribution in [0.5, 0.6) is 0 Å². The molecule has 0 aliphatic carbocycles. The molecule has 0 aromatic carbocycles. The summed E-state index contributed by atoms with van der Waals surface area (Å²) in [4.78, 5) is 14.1. The van der Waals surface area contributed by atoms with E-state index in [1.165, 1.54) is 0 Å². The molecule has 18 heavy (non-hydrogen) atoms. The molecule has 3 aliphatic rings. The molecule has 2 bridgehead atoms. The molecule has 0 spiro atoms. The Morgan fingerprint density at radius 1 is 1.33 bits per heavy atom. The summed E-state index contributed by atoms with van der Waals surface area (Å²) in [5, 5.41) is 3.76. The molecule has 4 rings (SSSR count). The third kappa shape index (κ3) is 1.31. The highest BCUT2D eigenvalue weighted by Gasteiger charge is 2.51. The van der Waals surface area contributed by atoms with Crippen LogP contribution in [0.15, 0.2) is 22.7 Å². The van der Waals surface area contributed by atoms with Gasteiger partial charge < -0.3 is 14.2 Å². The van der Waals surface area contributed by atoms with Gasteiger partial charge in [-0.3, -0.25) is 4.79 Å². The summed E-state index contributed by atoms with van der Waals surface area (Å²) in [7, 11) is 0. The number of fused-ring (bicyclic) bond motifs is 5. The topological polar surface area (TPSA) is 55.6 Å². The van der Waals surface area contributed by atoms with E-state index in [9.17, 15) is 4.79 Å². The van der Waals surface area contributed by atoms with Gasteiger partial charge in [0.05, 0.1) is 17.9 Å². The van der Waals surface area contributed by atoms with Crippen molar-refractivity contribution in [2.24, 2.45) is 11.8 Å². The van der Waals surface area contributed by atoms with Gasteiger partial charge in [-0.1, -0.05) is 17.3 Å². The number of likely N-dealkylation sites (tertiary alicyclic amines) is 1. The van der Waals surface area contributed by atoms with Gasteiger partial charge in [-0.15, -0.1) is 0 Å². The van der Waals surface area contributed by atoms with Crippen molar-refractivity contribution in [2.75, 3.05) is 13.1 Å². The van der Waals surface area contributed by atoms with Crippen LogP contribution >= 0.6 is 0 Å². The van der Waals surface area contributed by atoms with Crippen LogP contribution < -0.4 is 0 Å². The number of amides is 1. The van der Waals surface area contributed by atoms with Crippen LogP contribution in [0, 0.1) is 18.8 Å². The molecule has 1 aromatic heterocycles. The summed E-state index contributed by atoms with van der Waals surface area (Å²) < 4.78 is 10.8. The maximum Gasteiger partial charge on any atom is 0.292 e. The molecule has 5 nitrogen and oxygen atoms in total. The molecule has 0 radical (unpaired) electrons. The molecule has 1 aromatic rings. The molecule has 3 aliphatic heterocycles. The van der Waals surface area contributed by atoms with Crippen molar-refractivity contribution in [3.63, 3.8) is 0 Å². The Hall–Kier alpha value is -1.62. The fraction of sp³-hybridized carbons (Fsp3) is 0.538. The molecular formula is C13H14N2O3. The number of ether oxygens (including phenoxy) is 1. The minimum atomic E-state index is -0.0515. The molecule has 1 amide bonds. The zero-order chi connectivity index (χ0) is 12.3. The van der Waals surface area contributed by atoms with E-state index in [1.807, 2.05) is 11.8 Å². The summed E-state index contributed by atoms with van der Waals surface area (Å²) in [6, 6.07) is 1.69. The number of carbonyl (C=O) groups excluding carboxylic acids is 1. The predicted octanol–water partition coefficient (Wildman–Crippen LogP) is 1.01. The van der Waals surface area contributed by atoms with Gasteiger partial charge in [0.25, 0.3) is 5.91 Å². The minimum absolute atomic E-state index is 0.0515. The normalized spacial score (nSPS) is 36.4. The summed E-state index contributed by atoms with van der Waals surface area (Å²) in [5.41, 5.74) is 0.739.